The molecule has 13 heavy (non-hydrogen) atoms. The highest BCUT2D eigenvalue weighted by Crippen LogP contribution is 2.01. The van der Waals surface area contributed by atoms with Gasteiger partial charge in [0.05, 0.1) is 12.8 Å². The molecule has 0 aromatic rings. The molecule has 0 aromatic heterocycles. The van der Waals surface area contributed by atoms with Crippen LogP contribution in [-0.2, 0) is 10.0 Å². The van der Waals surface area contributed by atoms with E-state index in [1.807, 2.05) is 0 Å². The molecule has 0 aliphatic carbocycles. The van der Waals surface area contributed by atoms with Crippen LogP contribution in [0.4, 0.5) is 0 Å². The predicted molar refractivity (Wildman–Crippen MR) is 53.8 cm³/mol. The topological polar surface area (TPSA) is 58.2 Å². The molecule has 0 saturated carbocycles. The smallest absolute Gasteiger partial charge is 0.209 e. The zero-order valence-corrected chi connectivity index (χ0v) is 9.03. The number of hydrogen-bond acceptors (Lipinski definition) is 3. The SMILES string of the molecule is C#CCNCC(C)(C)NS(C)(=O)=O. The molecule has 4 nitrogen and oxygen atoms in total. The van der Waals surface area contributed by atoms with Crippen LogP contribution >= 0.6 is 0 Å². The van der Waals surface area contributed by atoms with E-state index in [2.05, 4.69) is 16.0 Å². The van der Waals surface area contributed by atoms with E-state index >= 15 is 0 Å². The van der Waals surface area contributed by atoms with Crippen LogP contribution in [0.3, 0.4) is 0 Å². The van der Waals surface area contributed by atoms with Crippen LogP contribution in [0.5, 0.6) is 0 Å². The first-order valence-electron chi connectivity index (χ1n) is 3.90. The van der Waals surface area contributed by atoms with Crippen molar-refractivity contribution in [3.05, 3.63) is 0 Å². The van der Waals surface area contributed by atoms with Crippen molar-refractivity contribution in [2.24, 2.45) is 0 Å². The minimum absolute atomic E-state index is 0.439. The Labute approximate surface area is 80.2 Å². The zero-order valence-electron chi connectivity index (χ0n) is 8.22. The molecule has 0 radical (unpaired) electrons. The maximum atomic E-state index is 10.9. The highest BCUT2D eigenvalue weighted by atomic mass is 32.2. The predicted octanol–water partition coefficient (Wildman–Crippen LogP) is -0.463. The van der Waals surface area contributed by atoms with E-state index in [0.717, 1.165) is 6.26 Å². The van der Waals surface area contributed by atoms with Gasteiger partial charge in [0.15, 0.2) is 0 Å². The molecule has 0 atom stereocenters. The Kier molecular flexibility index (Phi) is 4.40. The molecule has 0 rings (SSSR count). The fourth-order valence-electron chi connectivity index (χ4n) is 0.985. The Bertz CT molecular complexity index is 288. The summed E-state index contributed by atoms with van der Waals surface area (Å²) in [5.74, 6) is 2.41. The monoisotopic (exact) mass is 204 g/mol. The van der Waals surface area contributed by atoms with Crippen molar-refractivity contribution in [2.45, 2.75) is 19.4 Å². The third-order valence-electron chi connectivity index (χ3n) is 1.26. The third kappa shape index (κ3) is 7.78. The summed E-state index contributed by atoms with van der Waals surface area (Å²) < 4.78 is 24.3. The van der Waals surface area contributed by atoms with E-state index in [0.29, 0.717) is 13.1 Å². The lowest BCUT2D eigenvalue weighted by Crippen LogP contribution is -2.49. The Balaban J connectivity index is 4.03. The van der Waals surface area contributed by atoms with Crippen LogP contribution in [-0.4, -0.2) is 33.3 Å². The molecule has 5 heteroatoms. The molecule has 0 aromatic carbocycles. The van der Waals surface area contributed by atoms with Crippen molar-refractivity contribution in [1.29, 1.82) is 0 Å². The van der Waals surface area contributed by atoms with E-state index in [1.165, 1.54) is 0 Å². The second kappa shape index (κ2) is 4.61. The molecular weight excluding hydrogens is 188 g/mol. The summed E-state index contributed by atoms with van der Waals surface area (Å²) in [5.41, 5.74) is -0.509. The van der Waals surface area contributed by atoms with Crippen molar-refractivity contribution < 1.29 is 8.42 Å². The van der Waals surface area contributed by atoms with Crippen molar-refractivity contribution in [1.82, 2.24) is 10.0 Å². The summed E-state index contributed by atoms with van der Waals surface area (Å²) in [6.45, 7) is 4.52. The van der Waals surface area contributed by atoms with Gasteiger partial charge in [-0.15, -0.1) is 6.42 Å². The molecule has 0 fully saturated rings. The fraction of sp³-hybridized carbons (Fsp3) is 0.750. The quantitative estimate of drug-likeness (QED) is 0.470. The van der Waals surface area contributed by atoms with Crippen LogP contribution in [0, 0.1) is 12.3 Å². The molecule has 0 amide bonds. The summed E-state index contributed by atoms with van der Waals surface area (Å²) in [7, 11) is -3.16. The van der Waals surface area contributed by atoms with Crippen molar-refractivity contribution in [3.8, 4) is 12.3 Å². The van der Waals surface area contributed by atoms with Gasteiger partial charge >= 0.3 is 0 Å². The van der Waals surface area contributed by atoms with E-state index in [-0.39, 0.29) is 0 Å². The Hall–Kier alpha value is -0.570. The molecule has 0 saturated heterocycles. The fourth-order valence-corrected chi connectivity index (χ4v) is 2.06. The molecule has 76 valence electrons. The first-order valence-corrected chi connectivity index (χ1v) is 5.79. The minimum atomic E-state index is -3.16. The largest absolute Gasteiger partial charge is 0.304 e. The van der Waals surface area contributed by atoms with Crippen LogP contribution in [0.2, 0.25) is 0 Å². The van der Waals surface area contributed by atoms with Crippen LogP contribution in [0.25, 0.3) is 0 Å². The maximum Gasteiger partial charge on any atom is 0.209 e. The molecule has 0 spiro atoms. The lowest BCUT2D eigenvalue weighted by molar-refractivity contribution is 0.431. The standard InChI is InChI=1S/C8H16N2O2S/c1-5-6-9-7-8(2,3)10-13(4,11)12/h1,9-10H,6-7H2,2-4H3. The zero-order chi connectivity index (χ0) is 10.5. The Morgan fingerprint density at radius 2 is 2.00 bits per heavy atom. The highest BCUT2D eigenvalue weighted by Gasteiger charge is 2.20. The van der Waals surface area contributed by atoms with Gasteiger partial charge in [-0.2, -0.15) is 0 Å². The number of rotatable bonds is 5. The van der Waals surface area contributed by atoms with E-state index < -0.39 is 15.6 Å². The van der Waals surface area contributed by atoms with Crippen LogP contribution in [0.1, 0.15) is 13.8 Å². The van der Waals surface area contributed by atoms with Gasteiger partial charge in [-0.1, -0.05) is 5.92 Å². The van der Waals surface area contributed by atoms with E-state index in [4.69, 9.17) is 6.42 Å². The Morgan fingerprint density at radius 3 is 2.38 bits per heavy atom. The number of hydrogen-bond donors (Lipinski definition) is 2. The highest BCUT2D eigenvalue weighted by molar-refractivity contribution is 7.88. The van der Waals surface area contributed by atoms with E-state index in [1.54, 1.807) is 13.8 Å². The minimum Gasteiger partial charge on any atom is -0.304 e. The second-order valence-corrected chi connectivity index (χ2v) is 5.31. The first kappa shape index (κ1) is 12.4. The van der Waals surface area contributed by atoms with Gasteiger partial charge in [-0.25, -0.2) is 13.1 Å². The molecule has 0 aliphatic rings. The number of sulfonamides is 1. The summed E-state index contributed by atoms with van der Waals surface area (Å²) in [5, 5.41) is 2.93. The van der Waals surface area contributed by atoms with Crippen LogP contribution in [0.15, 0.2) is 0 Å². The summed E-state index contributed by atoms with van der Waals surface area (Å²) >= 11 is 0. The third-order valence-corrected chi connectivity index (χ3v) is 2.18. The first-order chi connectivity index (χ1) is 5.77. The van der Waals surface area contributed by atoms with Crippen LogP contribution < -0.4 is 10.0 Å². The van der Waals surface area contributed by atoms with Crippen molar-refractivity contribution in [3.63, 3.8) is 0 Å². The van der Waals surface area contributed by atoms with Gasteiger partial charge in [-0.3, -0.25) is 0 Å². The maximum absolute atomic E-state index is 10.9. The number of terminal acetylenes is 1. The average Bonchev–Trinajstić information content (AvgIpc) is 1.81. The van der Waals surface area contributed by atoms with E-state index in [9.17, 15) is 8.42 Å². The Morgan fingerprint density at radius 1 is 1.46 bits per heavy atom. The lowest BCUT2D eigenvalue weighted by Gasteiger charge is -2.24. The summed E-state index contributed by atoms with van der Waals surface area (Å²) in [6, 6.07) is 0. The van der Waals surface area contributed by atoms with Gasteiger partial charge in [0, 0.05) is 12.1 Å². The van der Waals surface area contributed by atoms with Gasteiger partial charge in [0.2, 0.25) is 10.0 Å². The molecule has 0 bridgehead atoms. The summed E-state index contributed by atoms with van der Waals surface area (Å²) in [6.07, 6.45) is 6.17. The lowest BCUT2D eigenvalue weighted by atomic mass is 10.1. The molecule has 0 aliphatic heterocycles. The molecule has 0 heterocycles. The second-order valence-electron chi connectivity index (χ2n) is 3.57. The average molecular weight is 204 g/mol. The normalized spacial score (nSPS) is 12.5. The number of nitrogens with one attached hydrogen (secondary N) is 2. The molecule has 0 unspecified atom stereocenters. The van der Waals surface area contributed by atoms with Crippen molar-refractivity contribution in [2.75, 3.05) is 19.3 Å². The van der Waals surface area contributed by atoms with Crippen molar-refractivity contribution >= 4 is 10.0 Å². The molecular formula is C8H16N2O2S. The summed E-state index contributed by atoms with van der Waals surface area (Å²) in [4.78, 5) is 0. The van der Waals surface area contributed by atoms with Gasteiger partial charge in [0.25, 0.3) is 0 Å². The van der Waals surface area contributed by atoms with Gasteiger partial charge in [0.1, 0.15) is 0 Å². The molecule has 2 N–H and O–H groups in total. The van der Waals surface area contributed by atoms with Gasteiger partial charge in [-0.05, 0) is 13.8 Å². The van der Waals surface area contributed by atoms with Gasteiger partial charge < -0.3 is 5.32 Å².